The molecule has 0 bridgehead atoms. The Hall–Kier alpha value is -1.95. The predicted octanol–water partition coefficient (Wildman–Crippen LogP) is 1.95. The Morgan fingerprint density at radius 3 is 2.56 bits per heavy atom. The van der Waals surface area contributed by atoms with E-state index in [0.29, 0.717) is 38.2 Å². The van der Waals surface area contributed by atoms with Crippen molar-refractivity contribution >= 4 is 11.8 Å². The molecule has 1 aromatic carbocycles. The number of nitrogens with zero attached hydrogens (tertiary/aromatic N) is 2. The average Bonchev–Trinajstić information content (AvgIpc) is 2.80. The number of benzene rings is 1. The maximum atomic E-state index is 13.3. The van der Waals surface area contributed by atoms with Gasteiger partial charge in [0, 0.05) is 26.2 Å². The Morgan fingerprint density at radius 2 is 1.88 bits per heavy atom. The molecule has 1 fully saturated rings. The smallest absolute Gasteiger partial charge is 0.242 e. The largest absolute Gasteiger partial charge is 0.341 e. The van der Waals surface area contributed by atoms with Gasteiger partial charge in [0.05, 0.1) is 12.0 Å². The van der Waals surface area contributed by atoms with Crippen molar-refractivity contribution in [2.75, 3.05) is 26.2 Å². The molecule has 5 nitrogen and oxygen atoms in total. The molecule has 6 heteroatoms. The first-order chi connectivity index (χ1) is 11.8. The van der Waals surface area contributed by atoms with E-state index < -0.39 is 5.54 Å². The highest BCUT2D eigenvalue weighted by Gasteiger charge is 2.33. The third-order valence-electron chi connectivity index (χ3n) is 4.64. The molecule has 2 N–H and O–H groups in total. The summed E-state index contributed by atoms with van der Waals surface area (Å²) < 4.78 is 13.3. The zero-order valence-corrected chi connectivity index (χ0v) is 15.1. The Labute approximate surface area is 149 Å². The number of carbonyl (C=O) groups excluding carboxylic acids is 2. The molecule has 1 atom stereocenters. The van der Waals surface area contributed by atoms with Crippen LogP contribution in [0.3, 0.4) is 0 Å². The van der Waals surface area contributed by atoms with E-state index in [0.717, 1.165) is 12.8 Å². The molecular formula is C19H28FN3O2. The minimum atomic E-state index is -0.852. The number of amides is 2. The summed E-state index contributed by atoms with van der Waals surface area (Å²) in [4.78, 5) is 28.6. The van der Waals surface area contributed by atoms with Crippen molar-refractivity contribution < 1.29 is 14.0 Å². The maximum Gasteiger partial charge on any atom is 0.242 e. The highest BCUT2D eigenvalue weighted by atomic mass is 19.1. The van der Waals surface area contributed by atoms with Gasteiger partial charge < -0.3 is 15.5 Å². The van der Waals surface area contributed by atoms with E-state index in [-0.39, 0.29) is 24.1 Å². The van der Waals surface area contributed by atoms with Gasteiger partial charge in [-0.15, -0.1) is 0 Å². The van der Waals surface area contributed by atoms with Gasteiger partial charge in [0.1, 0.15) is 5.82 Å². The molecule has 0 radical (unpaired) electrons. The summed E-state index contributed by atoms with van der Waals surface area (Å²) in [6, 6.07) is 6.11. The van der Waals surface area contributed by atoms with Crippen molar-refractivity contribution in [2.24, 2.45) is 5.73 Å². The summed E-state index contributed by atoms with van der Waals surface area (Å²) >= 11 is 0. The number of nitrogens with two attached hydrogens (primary N) is 1. The van der Waals surface area contributed by atoms with E-state index in [1.54, 1.807) is 28.9 Å². The Bertz CT molecular complexity index is 618. The zero-order valence-electron chi connectivity index (χ0n) is 15.1. The lowest BCUT2D eigenvalue weighted by Crippen LogP contribution is -2.54. The predicted molar refractivity (Wildman–Crippen MR) is 95.4 cm³/mol. The van der Waals surface area contributed by atoms with E-state index in [2.05, 4.69) is 0 Å². The second kappa shape index (κ2) is 8.43. The van der Waals surface area contributed by atoms with Crippen molar-refractivity contribution in [2.45, 2.75) is 45.1 Å². The van der Waals surface area contributed by atoms with E-state index in [1.807, 2.05) is 6.92 Å². The summed E-state index contributed by atoms with van der Waals surface area (Å²) in [5.74, 6) is -0.422. The van der Waals surface area contributed by atoms with Gasteiger partial charge in [-0.25, -0.2) is 4.39 Å². The first-order valence-corrected chi connectivity index (χ1v) is 8.94. The lowest BCUT2D eigenvalue weighted by molar-refractivity contribution is -0.137. The molecule has 0 aliphatic carbocycles. The van der Waals surface area contributed by atoms with E-state index >= 15 is 0 Å². The van der Waals surface area contributed by atoms with Crippen LogP contribution in [0.5, 0.6) is 0 Å². The molecule has 2 amide bonds. The second-order valence-electron chi connectivity index (χ2n) is 7.00. The summed E-state index contributed by atoms with van der Waals surface area (Å²) in [6.45, 7) is 5.97. The summed E-state index contributed by atoms with van der Waals surface area (Å²) in [5.41, 5.74) is 5.97. The first kappa shape index (κ1) is 19.4. The zero-order chi connectivity index (χ0) is 18.4. The van der Waals surface area contributed by atoms with Gasteiger partial charge in [0.15, 0.2) is 0 Å². The quantitative estimate of drug-likeness (QED) is 0.883. The Balaban J connectivity index is 1.94. The topological polar surface area (TPSA) is 66.6 Å². The van der Waals surface area contributed by atoms with Crippen LogP contribution in [0, 0.1) is 5.82 Å². The van der Waals surface area contributed by atoms with E-state index in [4.69, 9.17) is 5.73 Å². The minimum Gasteiger partial charge on any atom is -0.341 e. The van der Waals surface area contributed by atoms with Crippen LogP contribution >= 0.6 is 0 Å². The van der Waals surface area contributed by atoms with Gasteiger partial charge in [-0.1, -0.05) is 25.5 Å². The summed E-state index contributed by atoms with van der Waals surface area (Å²) in [7, 11) is 0. The molecule has 0 spiro atoms. The van der Waals surface area contributed by atoms with Crippen LogP contribution < -0.4 is 5.73 Å². The molecule has 138 valence electrons. The van der Waals surface area contributed by atoms with Crippen LogP contribution in [0.4, 0.5) is 4.39 Å². The highest BCUT2D eigenvalue weighted by Crippen LogP contribution is 2.15. The molecule has 0 aromatic heterocycles. The lowest BCUT2D eigenvalue weighted by atomic mass is 9.95. The number of halogens is 1. The normalized spacial score (nSPS) is 17.8. The standard InChI is InChI=1S/C19H28FN3O2/c1-3-8-19(2,21)18(25)23-10-5-9-22(11-12-23)17(24)14-15-6-4-7-16(20)13-15/h4,6-7,13H,3,5,8-12,14,21H2,1-2H3. The molecule has 1 aliphatic rings. The Kier molecular flexibility index (Phi) is 6.53. The number of hydrogen-bond acceptors (Lipinski definition) is 3. The average molecular weight is 349 g/mol. The van der Waals surface area contributed by atoms with Crippen molar-refractivity contribution in [3.05, 3.63) is 35.6 Å². The first-order valence-electron chi connectivity index (χ1n) is 8.94. The fraction of sp³-hybridized carbons (Fsp3) is 0.579. The monoisotopic (exact) mass is 349 g/mol. The van der Waals surface area contributed by atoms with Crippen LogP contribution in [0.2, 0.25) is 0 Å². The minimum absolute atomic E-state index is 0.0380. The van der Waals surface area contributed by atoms with Gasteiger partial charge in [0.2, 0.25) is 11.8 Å². The van der Waals surface area contributed by atoms with Crippen LogP contribution in [0.1, 0.15) is 38.7 Å². The molecule has 0 saturated carbocycles. The van der Waals surface area contributed by atoms with Crippen LogP contribution in [0.25, 0.3) is 0 Å². The highest BCUT2D eigenvalue weighted by molar-refractivity contribution is 5.86. The van der Waals surface area contributed by atoms with Crippen LogP contribution in [-0.4, -0.2) is 53.3 Å². The molecular weight excluding hydrogens is 321 g/mol. The molecule has 1 heterocycles. The maximum absolute atomic E-state index is 13.3. The van der Waals surface area contributed by atoms with Crippen molar-refractivity contribution in [1.29, 1.82) is 0 Å². The number of rotatable bonds is 5. The summed E-state index contributed by atoms with van der Waals surface area (Å²) in [5, 5.41) is 0. The molecule has 1 saturated heterocycles. The fourth-order valence-corrected chi connectivity index (χ4v) is 3.29. The van der Waals surface area contributed by atoms with Crippen LogP contribution in [0.15, 0.2) is 24.3 Å². The molecule has 1 unspecified atom stereocenters. The molecule has 2 rings (SSSR count). The van der Waals surface area contributed by atoms with E-state index in [9.17, 15) is 14.0 Å². The van der Waals surface area contributed by atoms with Crippen molar-refractivity contribution in [1.82, 2.24) is 9.80 Å². The lowest BCUT2D eigenvalue weighted by Gasteiger charge is -2.31. The number of hydrogen-bond donors (Lipinski definition) is 1. The second-order valence-corrected chi connectivity index (χ2v) is 7.00. The van der Waals surface area contributed by atoms with Crippen LogP contribution in [-0.2, 0) is 16.0 Å². The van der Waals surface area contributed by atoms with Crippen molar-refractivity contribution in [3.8, 4) is 0 Å². The Morgan fingerprint density at radius 1 is 1.20 bits per heavy atom. The third-order valence-corrected chi connectivity index (χ3v) is 4.64. The van der Waals surface area contributed by atoms with Gasteiger partial charge in [-0.05, 0) is 37.5 Å². The van der Waals surface area contributed by atoms with Gasteiger partial charge in [-0.3, -0.25) is 9.59 Å². The van der Waals surface area contributed by atoms with Gasteiger partial charge >= 0.3 is 0 Å². The van der Waals surface area contributed by atoms with Gasteiger partial charge in [0.25, 0.3) is 0 Å². The summed E-state index contributed by atoms with van der Waals surface area (Å²) in [6.07, 6.45) is 2.40. The molecule has 1 aromatic rings. The number of carbonyl (C=O) groups is 2. The van der Waals surface area contributed by atoms with Gasteiger partial charge in [-0.2, -0.15) is 0 Å². The third kappa shape index (κ3) is 5.26. The molecule has 1 aliphatic heterocycles. The molecule has 25 heavy (non-hydrogen) atoms. The SMILES string of the molecule is CCCC(C)(N)C(=O)N1CCCN(C(=O)Cc2cccc(F)c2)CC1. The fourth-order valence-electron chi connectivity index (χ4n) is 3.29. The van der Waals surface area contributed by atoms with Crippen molar-refractivity contribution in [3.63, 3.8) is 0 Å². The van der Waals surface area contributed by atoms with E-state index in [1.165, 1.54) is 12.1 Å².